The topological polar surface area (TPSA) is 93.5 Å². The molecule has 0 saturated heterocycles. The van der Waals surface area contributed by atoms with Crippen molar-refractivity contribution in [3.8, 4) is 5.75 Å². The average Bonchev–Trinajstić information content (AvgIpc) is 3.17. The number of ether oxygens (including phenoxy) is 1. The van der Waals surface area contributed by atoms with Crippen LogP contribution in [0.1, 0.15) is 16.1 Å². The van der Waals surface area contributed by atoms with Crippen LogP contribution in [0.2, 0.25) is 0 Å². The van der Waals surface area contributed by atoms with Crippen molar-refractivity contribution in [2.75, 3.05) is 17.7 Å². The van der Waals surface area contributed by atoms with Crippen molar-refractivity contribution in [1.29, 1.82) is 0 Å². The van der Waals surface area contributed by atoms with Crippen molar-refractivity contribution in [2.24, 2.45) is 0 Å². The minimum absolute atomic E-state index is 0.0903. The standard InChI is InChI=1S/C23H19N3O4/c1-29-21-9-5-3-7-18(21)25-23(28)15-10-12-16(13-11-15)24-22(27)14-19-17-6-2-4-8-20(17)30-26-19/h2-13H,14H2,1H3,(H,24,27)(H,25,28). The summed E-state index contributed by atoms with van der Waals surface area (Å²) in [6, 6.07) is 21.2. The summed E-state index contributed by atoms with van der Waals surface area (Å²) >= 11 is 0. The molecule has 7 heteroatoms. The molecule has 0 aliphatic heterocycles. The Kier molecular flexibility index (Phi) is 5.43. The van der Waals surface area contributed by atoms with Crippen molar-refractivity contribution < 1.29 is 18.8 Å². The third kappa shape index (κ3) is 4.15. The minimum atomic E-state index is -0.272. The van der Waals surface area contributed by atoms with Gasteiger partial charge < -0.3 is 19.9 Å². The van der Waals surface area contributed by atoms with E-state index in [0.717, 1.165) is 5.39 Å². The number of amides is 2. The molecule has 0 aliphatic carbocycles. The van der Waals surface area contributed by atoms with Gasteiger partial charge in [0.05, 0.1) is 19.2 Å². The van der Waals surface area contributed by atoms with Gasteiger partial charge >= 0.3 is 0 Å². The third-order valence-electron chi connectivity index (χ3n) is 4.57. The molecule has 0 spiro atoms. The van der Waals surface area contributed by atoms with E-state index in [1.54, 1.807) is 49.6 Å². The van der Waals surface area contributed by atoms with Gasteiger partial charge in [-0.3, -0.25) is 9.59 Å². The fraction of sp³-hybridized carbons (Fsp3) is 0.0870. The van der Waals surface area contributed by atoms with Gasteiger partial charge in [-0.15, -0.1) is 0 Å². The molecule has 4 rings (SSSR count). The largest absolute Gasteiger partial charge is 0.495 e. The summed E-state index contributed by atoms with van der Waals surface area (Å²) in [5.74, 6) is 0.0850. The van der Waals surface area contributed by atoms with Crippen molar-refractivity contribution >= 4 is 34.2 Å². The number of nitrogens with zero attached hydrogens (tertiary/aromatic N) is 1. The maximum absolute atomic E-state index is 12.5. The predicted octanol–water partition coefficient (Wildman–Crippen LogP) is 4.27. The smallest absolute Gasteiger partial charge is 0.255 e. The number of methoxy groups -OCH3 is 1. The van der Waals surface area contributed by atoms with Crippen LogP contribution in [0.15, 0.2) is 77.3 Å². The van der Waals surface area contributed by atoms with Gasteiger partial charge in [0.25, 0.3) is 5.91 Å². The Morgan fingerprint density at radius 3 is 2.47 bits per heavy atom. The molecule has 0 atom stereocenters. The second-order valence-corrected chi connectivity index (χ2v) is 6.58. The summed E-state index contributed by atoms with van der Waals surface area (Å²) < 4.78 is 10.5. The Morgan fingerprint density at radius 1 is 0.933 bits per heavy atom. The molecule has 0 radical (unpaired) electrons. The molecule has 1 aromatic heterocycles. The molecule has 1 heterocycles. The van der Waals surface area contributed by atoms with E-state index in [9.17, 15) is 9.59 Å². The van der Waals surface area contributed by atoms with Crippen LogP contribution in [0.5, 0.6) is 5.75 Å². The summed E-state index contributed by atoms with van der Waals surface area (Å²) in [6.07, 6.45) is 0.0903. The SMILES string of the molecule is COc1ccccc1NC(=O)c1ccc(NC(=O)Cc2noc3ccccc23)cc1. The zero-order chi connectivity index (χ0) is 20.9. The molecule has 150 valence electrons. The molecule has 0 saturated carbocycles. The van der Waals surface area contributed by atoms with E-state index in [-0.39, 0.29) is 18.2 Å². The number of carbonyl (C=O) groups excluding carboxylic acids is 2. The number of rotatable bonds is 6. The van der Waals surface area contributed by atoms with Crippen molar-refractivity contribution in [3.63, 3.8) is 0 Å². The van der Waals surface area contributed by atoms with Crippen LogP contribution in [-0.2, 0) is 11.2 Å². The Hall–Kier alpha value is -4.13. The molecule has 4 aromatic rings. The van der Waals surface area contributed by atoms with Crippen LogP contribution in [0, 0.1) is 0 Å². The zero-order valence-electron chi connectivity index (χ0n) is 16.2. The summed E-state index contributed by atoms with van der Waals surface area (Å²) in [6.45, 7) is 0. The minimum Gasteiger partial charge on any atom is -0.495 e. The van der Waals surface area contributed by atoms with Gasteiger partial charge in [-0.2, -0.15) is 0 Å². The number of aromatic nitrogens is 1. The molecule has 7 nitrogen and oxygen atoms in total. The number of benzene rings is 3. The van der Waals surface area contributed by atoms with Crippen LogP contribution in [-0.4, -0.2) is 24.1 Å². The van der Waals surface area contributed by atoms with Crippen LogP contribution >= 0.6 is 0 Å². The van der Waals surface area contributed by atoms with Gasteiger partial charge in [0.2, 0.25) is 5.91 Å². The highest BCUT2D eigenvalue weighted by Crippen LogP contribution is 2.24. The van der Waals surface area contributed by atoms with Gasteiger partial charge in [-0.1, -0.05) is 29.4 Å². The molecular weight excluding hydrogens is 382 g/mol. The first-order valence-electron chi connectivity index (χ1n) is 9.31. The molecule has 2 N–H and O–H groups in total. The van der Waals surface area contributed by atoms with E-state index in [2.05, 4.69) is 15.8 Å². The maximum Gasteiger partial charge on any atom is 0.255 e. The lowest BCUT2D eigenvalue weighted by molar-refractivity contribution is -0.115. The van der Waals surface area contributed by atoms with Crippen LogP contribution < -0.4 is 15.4 Å². The molecule has 2 amide bonds. The fourth-order valence-corrected chi connectivity index (χ4v) is 3.07. The van der Waals surface area contributed by atoms with E-state index >= 15 is 0 Å². The highest BCUT2D eigenvalue weighted by Gasteiger charge is 2.13. The number of fused-ring (bicyclic) bond motifs is 1. The molecule has 3 aromatic carbocycles. The van der Waals surface area contributed by atoms with Crippen molar-refractivity contribution in [2.45, 2.75) is 6.42 Å². The number of hydrogen-bond donors (Lipinski definition) is 2. The second kappa shape index (κ2) is 8.48. The monoisotopic (exact) mass is 401 g/mol. The molecular formula is C23H19N3O4. The average molecular weight is 401 g/mol. The third-order valence-corrected chi connectivity index (χ3v) is 4.57. The maximum atomic E-state index is 12.5. The molecule has 0 bridgehead atoms. The Bertz CT molecular complexity index is 1200. The first kappa shape index (κ1) is 19.2. The second-order valence-electron chi connectivity index (χ2n) is 6.58. The van der Waals surface area contributed by atoms with Gasteiger partial charge in [0, 0.05) is 16.6 Å². The van der Waals surface area contributed by atoms with Gasteiger partial charge in [-0.05, 0) is 48.5 Å². The van der Waals surface area contributed by atoms with Crippen molar-refractivity contribution in [3.05, 3.63) is 84.1 Å². The van der Waals surface area contributed by atoms with Crippen LogP contribution in [0.4, 0.5) is 11.4 Å². The lowest BCUT2D eigenvalue weighted by Crippen LogP contribution is -2.15. The van der Waals surface area contributed by atoms with Gasteiger partial charge in [-0.25, -0.2) is 0 Å². The van der Waals surface area contributed by atoms with E-state index in [1.807, 2.05) is 30.3 Å². The quantitative estimate of drug-likeness (QED) is 0.503. The number of anilines is 2. The highest BCUT2D eigenvalue weighted by molar-refractivity contribution is 6.05. The van der Waals surface area contributed by atoms with Gasteiger partial charge in [0.15, 0.2) is 5.58 Å². The van der Waals surface area contributed by atoms with Crippen LogP contribution in [0.3, 0.4) is 0 Å². The number of para-hydroxylation sites is 3. The predicted molar refractivity (Wildman–Crippen MR) is 114 cm³/mol. The number of carbonyl (C=O) groups is 2. The Morgan fingerprint density at radius 2 is 1.67 bits per heavy atom. The summed E-state index contributed by atoms with van der Waals surface area (Å²) in [7, 11) is 1.55. The van der Waals surface area contributed by atoms with E-state index in [0.29, 0.717) is 34.0 Å². The number of hydrogen-bond acceptors (Lipinski definition) is 5. The number of nitrogens with one attached hydrogen (secondary N) is 2. The molecule has 30 heavy (non-hydrogen) atoms. The summed E-state index contributed by atoms with van der Waals surface area (Å²) in [5, 5.41) is 10.4. The lowest BCUT2D eigenvalue weighted by Gasteiger charge is -2.10. The first-order valence-corrected chi connectivity index (χ1v) is 9.31. The van der Waals surface area contributed by atoms with Crippen molar-refractivity contribution in [1.82, 2.24) is 5.16 Å². The molecule has 0 fully saturated rings. The summed E-state index contributed by atoms with van der Waals surface area (Å²) in [5.41, 5.74) is 2.85. The van der Waals surface area contributed by atoms with E-state index < -0.39 is 0 Å². The Labute approximate surface area is 172 Å². The first-order chi connectivity index (χ1) is 14.6. The Balaban J connectivity index is 1.39. The van der Waals surface area contributed by atoms with E-state index in [4.69, 9.17) is 9.26 Å². The summed E-state index contributed by atoms with van der Waals surface area (Å²) in [4.78, 5) is 24.8. The lowest BCUT2D eigenvalue weighted by atomic mass is 10.1. The molecule has 0 unspecified atom stereocenters. The zero-order valence-corrected chi connectivity index (χ0v) is 16.2. The fourth-order valence-electron chi connectivity index (χ4n) is 3.07. The van der Waals surface area contributed by atoms with Gasteiger partial charge in [0.1, 0.15) is 11.4 Å². The normalized spacial score (nSPS) is 10.6. The molecule has 0 aliphatic rings. The van der Waals surface area contributed by atoms with Crippen LogP contribution in [0.25, 0.3) is 11.0 Å². The van der Waals surface area contributed by atoms with E-state index in [1.165, 1.54) is 0 Å². The highest BCUT2D eigenvalue weighted by atomic mass is 16.5.